The fourth-order valence-corrected chi connectivity index (χ4v) is 2.54. The van der Waals surface area contributed by atoms with Crippen LogP contribution in [0.15, 0.2) is 0 Å². The SMILES string of the molecule is Cc1nn(C)c(C)c1CN1CCC[C@H]1C(=O)O. The van der Waals surface area contributed by atoms with E-state index in [1.807, 2.05) is 30.5 Å². The Morgan fingerprint density at radius 1 is 1.53 bits per heavy atom. The number of carbonyl (C=O) groups is 1. The van der Waals surface area contributed by atoms with E-state index in [1.165, 1.54) is 5.56 Å². The minimum atomic E-state index is -0.707. The Morgan fingerprint density at radius 3 is 2.76 bits per heavy atom. The first-order chi connectivity index (χ1) is 8.00. The number of likely N-dealkylation sites (tertiary alicyclic amines) is 1. The van der Waals surface area contributed by atoms with E-state index in [4.69, 9.17) is 5.11 Å². The molecule has 0 bridgehead atoms. The molecule has 5 heteroatoms. The summed E-state index contributed by atoms with van der Waals surface area (Å²) in [6, 6.07) is -0.325. The van der Waals surface area contributed by atoms with E-state index in [2.05, 4.69) is 5.10 Å². The third-order valence-corrected chi connectivity index (χ3v) is 3.67. The van der Waals surface area contributed by atoms with Crippen LogP contribution >= 0.6 is 0 Å². The Bertz CT molecular complexity index is 439. The van der Waals surface area contributed by atoms with E-state index >= 15 is 0 Å². The normalized spacial score (nSPS) is 21.0. The van der Waals surface area contributed by atoms with Crippen molar-refractivity contribution in [1.29, 1.82) is 0 Å². The molecule has 1 aliphatic rings. The molecule has 2 heterocycles. The van der Waals surface area contributed by atoms with E-state index in [1.54, 1.807) is 0 Å². The van der Waals surface area contributed by atoms with Crippen LogP contribution in [0, 0.1) is 13.8 Å². The highest BCUT2D eigenvalue weighted by Gasteiger charge is 2.31. The lowest BCUT2D eigenvalue weighted by molar-refractivity contribution is -0.142. The first kappa shape index (κ1) is 12.1. The van der Waals surface area contributed by atoms with Gasteiger partial charge in [-0.25, -0.2) is 0 Å². The summed E-state index contributed by atoms with van der Waals surface area (Å²) in [7, 11) is 1.92. The van der Waals surface area contributed by atoms with Crippen molar-refractivity contribution in [3.63, 3.8) is 0 Å². The zero-order chi connectivity index (χ0) is 12.6. The topological polar surface area (TPSA) is 58.4 Å². The standard InChI is InChI=1S/C12H19N3O2/c1-8-10(9(2)14(3)13-8)7-15-6-4-5-11(15)12(16)17/h11H,4-7H2,1-3H3,(H,16,17)/t11-/m0/s1. The molecule has 2 rings (SSSR count). The number of hydrogen-bond acceptors (Lipinski definition) is 3. The summed E-state index contributed by atoms with van der Waals surface area (Å²) in [6.07, 6.45) is 1.73. The summed E-state index contributed by atoms with van der Waals surface area (Å²) in [5.41, 5.74) is 3.29. The fraction of sp³-hybridized carbons (Fsp3) is 0.667. The molecule has 1 aliphatic heterocycles. The molecule has 0 aromatic carbocycles. The second-order valence-electron chi connectivity index (χ2n) is 4.74. The molecule has 1 N–H and O–H groups in total. The first-order valence-corrected chi connectivity index (χ1v) is 5.96. The largest absolute Gasteiger partial charge is 0.480 e. The molecule has 1 aromatic heterocycles. The monoisotopic (exact) mass is 237 g/mol. The summed E-state index contributed by atoms with van der Waals surface area (Å²) in [5.74, 6) is -0.707. The van der Waals surface area contributed by atoms with Crippen molar-refractivity contribution in [2.45, 2.75) is 39.3 Å². The molecule has 1 atom stereocenters. The van der Waals surface area contributed by atoms with Gasteiger partial charge in [0.2, 0.25) is 0 Å². The Hall–Kier alpha value is -1.36. The van der Waals surface area contributed by atoms with Crippen LogP contribution in [0.5, 0.6) is 0 Å². The summed E-state index contributed by atoms with van der Waals surface area (Å²) in [4.78, 5) is 13.2. The van der Waals surface area contributed by atoms with Crippen LogP contribution in [0.3, 0.4) is 0 Å². The van der Waals surface area contributed by atoms with Gasteiger partial charge in [-0.3, -0.25) is 14.4 Å². The van der Waals surface area contributed by atoms with Crippen LogP contribution in [0.1, 0.15) is 29.8 Å². The van der Waals surface area contributed by atoms with Gasteiger partial charge < -0.3 is 5.11 Å². The lowest BCUT2D eigenvalue weighted by atomic mass is 10.1. The second kappa shape index (κ2) is 4.49. The van der Waals surface area contributed by atoms with Crippen molar-refractivity contribution < 1.29 is 9.90 Å². The van der Waals surface area contributed by atoms with E-state index in [0.717, 1.165) is 30.8 Å². The van der Waals surface area contributed by atoms with Gasteiger partial charge in [0.05, 0.1) is 5.69 Å². The number of aromatic nitrogens is 2. The molecule has 17 heavy (non-hydrogen) atoms. The Balaban J connectivity index is 2.18. The fourth-order valence-electron chi connectivity index (χ4n) is 2.54. The maximum atomic E-state index is 11.1. The van der Waals surface area contributed by atoms with E-state index in [9.17, 15) is 4.79 Å². The highest BCUT2D eigenvalue weighted by atomic mass is 16.4. The van der Waals surface area contributed by atoms with Crippen molar-refractivity contribution in [2.75, 3.05) is 6.54 Å². The molecule has 1 saturated heterocycles. The molecule has 0 radical (unpaired) electrons. The van der Waals surface area contributed by atoms with Crippen molar-refractivity contribution in [3.05, 3.63) is 17.0 Å². The van der Waals surface area contributed by atoms with Crippen molar-refractivity contribution in [1.82, 2.24) is 14.7 Å². The van der Waals surface area contributed by atoms with Gasteiger partial charge in [-0.1, -0.05) is 0 Å². The summed E-state index contributed by atoms with van der Waals surface area (Å²) >= 11 is 0. The average molecular weight is 237 g/mol. The van der Waals surface area contributed by atoms with Crippen LogP contribution in [-0.4, -0.2) is 38.3 Å². The summed E-state index contributed by atoms with van der Waals surface area (Å²) < 4.78 is 1.86. The molecule has 0 spiro atoms. The zero-order valence-electron chi connectivity index (χ0n) is 10.6. The van der Waals surface area contributed by atoms with Gasteiger partial charge in [0.25, 0.3) is 0 Å². The second-order valence-corrected chi connectivity index (χ2v) is 4.74. The third-order valence-electron chi connectivity index (χ3n) is 3.67. The molecule has 1 aromatic rings. The molecular weight excluding hydrogens is 218 g/mol. The van der Waals surface area contributed by atoms with E-state index in [0.29, 0.717) is 6.54 Å². The predicted molar refractivity (Wildman–Crippen MR) is 63.7 cm³/mol. The average Bonchev–Trinajstić information content (AvgIpc) is 2.80. The number of aliphatic carboxylic acids is 1. The third kappa shape index (κ3) is 2.20. The first-order valence-electron chi connectivity index (χ1n) is 5.96. The minimum Gasteiger partial charge on any atom is -0.480 e. The molecule has 94 valence electrons. The highest BCUT2D eigenvalue weighted by molar-refractivity contribution is 5.73. The maximum absolute atomic E-state index is 11.1. The predicted octanol–water partition coefficient (Wildman–Crippen LogP) is 1.09. The van der Waals surface area contributed by atoms with Gasteiger partial charge in [-0.05, 0) is 33.2 Å². The van der Waals surface area contributed by atoms with Crippen molar-refractivity contribution in [3.8, 4) is 0 Å². The number of rotatable bonds is 3. The van der Waals surface area contributed by atoms with E-state index in [-0.39, 0.29) is 6.04 Å². The summed E-state index contributed by atoms with van der Waals surface area (Å²) in [5, 5.41) is 13.5. The van der Waals surface area contributed by atoms with Gasteiger partial charge in [-0.15, -0.1) is 0 Å². The number of aryl methyl sites for hydroxylation is 2. The van der Waals surface area contributed by atoms with Crippen LogP contribution in [0.4, 0.5) is 0 Å². The van der Waals surface area contributed by atoms with Crippen molar-refractivity contribution >= 4 is 5.97 Å². The summed E-state index contributed by atoms with van der Waals surface area (Å²) in [6.45, 7) is 5.57. The smallest absolute Gasteiger partial charge is 0.320 e. The van der Waals surface area contributed by atoms with Crippen molar-refractivity contribution in [2.24, 2.45) is 7.05 Å². The molecular formula is C12H19N3O2. The number of carboxylic acid groups (broad SMARTS) is 1. The molecule has 0 saturated carbocycles. The molecule has 0 unspecified atom stereocenters. The van der Waals surface area contributed by atoms with Gasteiger partial charge >= 0.3 is 5.97 Å². The van der Waals surface area contributed by atoms with E-state index < -0.39 is 5.97 Å². The van der Waals surface area contributed by atoms with Gasteiger partial charge in [0.1, 0.15) is 6.04 Å². The van der Waals surface area contributed by atoms with Crippen LogP contribution < -0.4 is 0 Å². The molecule has 5 nitrogen and oxygen atoms in total. The Morgan fingerprint density at radius 2 is 2.24 bits per heavy atom. The number of hydrogen-bond donors (Lipinski definition) is 1. The van der Waals surface area contributed by atoms with Crippen LogP contribution in [0.25, 0.3) is 0 Å². The Labute approximate surface area is 101 Å². The van der Waals surface area contributed by atoms with Gasteiger partial charge in [-0.2, -0.15) is 5.10 Å². The van der Waals surface area contributed by atoms with Gasteiger partial charge in [0.15, 0.2) is 0 Å². The zero-order valence-corrected chi connectivity index (χ0v) is 10.6. The highest BCUT2D eigenvalue weighted by Crippen LogP contribution is 2.22. The molecule has 0 aliphatic carbocycles. The maximum Gasteiger partial charge on any atom is 0.320 e. The van der Waals surface area contributed by atoms with Crippen LogP contribution in [0.2, 0.25) is 0 Å². The lowest BCUT2D eigenvalue weighted by Crippen LogP contribution is -2.35. The lowest BCUT2D eigenvalue weighted by Gasteiger charge is -2.21. The number of carboxylic acids is 1. The molecule has 1 fully saturated rings. The molecule has 0 amide bonds. The Kier molecular flexibility index (Phi) is 3.19. The van der Waals surface area contributed by atoms with Crippen LogP contribution in [-0.2, 0) is 18.4 Å². The van der Waals surface area contributed by atoms with Gasteiger partial charge in [0, 0.05) is 24.8 Å². The minimum absolute atomic E-state index is 0.325. The number of nitrogens with zero attached hydrogens (tertiary/aromatic N) is 3. The quantitative estimate of drug-likeness (QED) is 0.854.